The van der Waals surface area contributed by atoms with E-state index in [0.717, 1.165) is 25.3 Å². The minimum Gasteiger partial charge on any atom is -0.425 e. The van der Waals surface area contributed by atoms with Crippen molar-refractivity contribution in [3.63, 3.8) is 0 Å². The molecule has 1 aromatic carbocycles. The van der Waals surface area contributed by atoms with Crippen LogP contribution in [0.2, 0.25) is 0 Å². The van der Waals surface area contributed by atoms with E-state index in [0.29, 0.717) is 17.7 Å². The molecule has 3 heterocycles. The van der Waals surface area contributed by atoms with Crippen molar-refractivity contribution in [1.29, 1.82) is 0 Å². The molecule has 3 aromatic rings. The van der Waals surface area contributed by atoms with Crippen LogP contribution in [0.5, 0.6) is 0 Å². The average Bonchev–Trinajstić information content (AvgIpc) is 3.08. The summed E-state index contributed by atoms with van der Waals surface area (Å²) in [6.07, 6.45) is 5.70. The molecule has 25 heavy (non-hydrogen) atoms. The SMILES string of the molecule is c1ccc([C@H]2OCC[C@@H]2c2nnc([C@H]3C[C@@H]3c3cccnc3)o2)cc1. The summed E-state index contributed by atoms with van der Waals surface area (Å²) in [6.45, 7) is 0.726. The molecule has 0 amide bonds. The first-order valence-electron chi connectivity index (χ1n) is 8.80. The molecule has 5 nitrogen and oxygen atoms in total. The first kappa shape index (κ1) is 14.8. The lowest BCUT2D eigenvalue weighted by Crippen LogP contribution is -2.06. The van der Waals surface area contributed by atoms with Gasteiger partial charge in [-0.15, -0.1) is 10.2 Å². The molecule has 1 saturated heterocycles. The van der Waals surface area contributed by atoms with Crippen molar-refractivity contribution in [2.45, 2.75) is 36.7 Å². The van der Waals surface area contributed by atoms with E-state index < -0.39 is 0 Å². The van der Waals surface area contributed by atoms with Crippen LogP contribution < -0.4 is 0 Å². The third kappa shape index (κ3) is 2.74. The number of pyridine rings is 1. The van der Waals surface area contributed by atoms with Crippen LogP contribution >= 0.6 is 0 Å². The van der Waals surface area contributed by atoms with Gasteiger partial charge >= 0.3 is 0 Å². The molecule has 126 valence electrons. The fourth-order valence-electron chi connectivity index (χ4n) is 3.79. The maximum atomic E-state index is 6.07. The number of nitrogens with zero attached hydrogens (tertiary/aromatic N) is 3. The lowest BCUT2D eigenvalue weighted by atomic mass is 9.95. The molecule has 1 saturated carbocycles. The smallest absolute Gasteiger partial charge is 0.222 e. The zero-order chi connectivity index (χ0) is 16.6. The molecule has 5 rings (SSSR count). The summed E-state index contributed by atoms with van der Waals surface area (Å²) in [7, 11) is 0. The van der Waals surface area contributed by atoms with E-state index in [4.69, 9.17) is 9.15 Å². The summed E-state index contributed by atoms with van der Waals surface area (Å²) in [5, 5.41) is 8.69. The van der Waals surface area contributed by atoms with Crippen molar-refractivity contribution >= 4 is 0 Å². The zero-order valence-electron chi connectivity index (χ0n) is 13.8. The van der Waals surface area contributed by atoms with Gasteiger partial charge in [0.25, 0.3) is 0 Å². The topological polar surface area (TPSA) is 61.0 Å². The van der Waals surface area contributed by atoms with Gasteiger partial charge in [0.1, 0.15) is 0 Å². The van der Waals surface area contributed by atoms with Gasteiger partial charge in [0.15, 0.2) is 0 Å². The zero-order valence-corrected chi connectivity index (χ0v) is 13.8. The van der Waals surface area contributed by atoms with E-state index >= 15 is 0 Å². The molecule has 0 radical (unpaired) electrons. The van der Waals surface area contributed by atoms with Gasteiger partial charge in [0.2, 0.25) is 11.8 Å². The molecule has 0 spiro atoms. The van der Waals surface area contributed by atoms with Gasteiger partial charge in [-0.25, -0.2) is 0 Å². The minimum absolute atomic E-state index is 0.00261. The summed E-state index contributed by atoms with van der Waals surface area (Å²) in [5.41, 5.74) is 2.42. The van der Waals surface area contributed by atoms with Gasteiger partial charge in [0.05, 0.1) is 12.0 Å². The molecular weight excluding hydrogens is 314 g/mol. The number of benzene rings is 1. The molecule has 0 unspecified atom stereocenters. The third-order valence-corrected chi connectivity index (χ3v) is 5.21. The molecule has 0 N–H and O–H groups in total. The molecule has 0 bridgehead atoms. The normalized spacial score (nSPS) is 28.2. The van der Waals surface area contributed by atoms with Gasteiger partial charge in [-0.2, -0.15) is 0 Å². The van der Waals surface area contributed by atoms with E-state index in [1.54, 1.807) is 6.20 Å². The molecule has 2 aliphatic rings. The molecular formula is C20H19N3O2. The second kappa shape index (κ2) is 6.08. The van der Waals surface area contributed by atoms with Crippen LogP contribution in [0.1, 0.15) is 59.6 Å². The molecule has 2 aromatic heterocycles. The summed E-state index contributed by atoms with van der Waals surface area (Å²) >= 11 is 0. The Hall–Kier alpha value is -2.53. The van der Waals surface area contributed by atoms with E-state index in [1.165, 1.54) is 11.1 Å². The number of hydrogen-bond acceptors (Lipinski definition) is 5. The molecule has 2 fully saturated rings. The first-order valence-corrected chi connectivity index (χ1v) is 8.80. The Bertz CT molecular complexity index is 850. The van der Waals surface area contributed by atoms with Crippen LogP contribution in [0.15, 0.2) is 59.3 Å². The highest BCUT2D eigenvalue weighted by molar-refractivity contribution is 5.28. The Labute approximate surface area is 146 Å². The Morgan fingerprint density at radius 3 is 2.44 bits per heavy atom. The van der Waals surface area contributed by atoms with E-state index in [2.05, 4.69) is 33.4 Å². The summed E-state index contributed by atoms with van der Waals surface area (Å²) < 4.78 is 12.0. The van der Waals surface area contributed by atoms with Crippen molar-refractivity contribution < 1.29 is 9.15 Å². The molecule has 1 aliphatic heterocycles. The third-order valence-electron chi connectivity index (χ3n) is 5.21. The summed E-state index contributed by atoms with van der Waals surface area (Å²) in [4.78, 5) is 4.20. The van der Waals surface area contributed by atoms with Crippen molar-refractivity contribution in [3.05, 3.63) is 77.8 Å². The van der Waals surface area contributed by atoms with Gasteiger partial charge in [0, 0.05) is 24.9 Å². The maximum absolute atomic E-state index is 6.07. The maximum Gasteiger partial charge on any atom is 0.222 e. The van der Waals surface area contributed by atoms with E-state index in [1.807, 2.05) is 30.5 Å². The monoisotopic (exact) mass is 333 g/mol. The Kier molecular flexibility index (Phi) is 3.59. The predicted molar refractivity (Wildman–Crippen MR) is 91.1 cm³/mol. The largest absolute Gasteiger partial charge is 0.425 e. The average molecular weight is 333 g/mol. The fraction of sp³-hybridized carbons (Fsp3) is 0.350. The van der Waals surface area contributed by atoms with Gasteiger partial charge in [-0.1, -0.05) is 36.4 Å². The molecule has 1 aliphatic carbocycles. The second-order valence-electron chi connectivity index (χ2n) is 6.81. The van der Waals surface area contributed by atoms with Crippen molar-refractivity contribution in [3.8, 4) is 0 Å². The van der Waals surface area contributed by atoms with Crippen LogP contribution in [0.4, 0.5) is 0 Å². The predicted octanol–water partition coefficient (Wildman–Crippen LogP) is 3.98. The number of rotatable bonds is 4. The highest BCUT2D eigenvalue weighted by Crippen LogP contribution is 2.54. The highest BCUT2D eigenvalue weighted by atomic mass is 16.5. The molecule has 5 heteroatoms. The first-order chi connectivity index (χ1) is 12.4. The second-order valence-corrected chi connectivity index (χ2v) is 6.81. The van der Waals surface area contributed by atoms with E-state index in [9.17, 15) is 0 Å². The lowest BCUT2D eigenvalue weighted by molar-refractivity contribution is 0.0997. The van der Waals surface area contributed by atoms with Crippen molar-refractivity contribution in [2.24, 2.45) is 0 Å². The van der Waals surface area contributed by atoms with Crippen molar-refractivity contribution in [1.82, 2.24) is 15.2 Å². The van der Waals surface area contributed by atoms with Crippen LogP contribution in [-0.4, -0.2) is 21.8 Å². The molecule has 4 atom stereocenters. The fourth-order valence-corrected chi connectivity index (χ4v) is 3.79. The van der Waals surface area contributed by atoms with Crippen molar-refractivity contribution in [2.75, 3.05) is 6.61 Å². The Morgan fingerprint density at radius 2 is 1.64 bits per heavy atom. The highest BCUT2D eigenvalue weighted by Gasteiger charge is 2.44. The summed E-state index contributed by atoms with van der Waals surface area (Å²) in [6, 6.07) is 14.4. The van der Waals surface area contributed by atoms with Gasteiger partial charge < -0.3 is 9.15 Å². The van der Waals surface area contributed by atoms with Gasteiger partial charge in [-0.3, -0.25) is 4.98 Å². The minimum atomic E-state index is 0.00261. The quantitative estimate of drug-likeness (QED) is 0.723. The summed E-state index contributed by atoms with van der Waals surface area (Å²) in [5.74, 6) is 2.37. The van der Waals surface area contributed by atoms with Crippen LogP contribution in [-0.2, 0) is 4.74 Å². The Morgan fingerprint density at radius 1 is 0.840 bits per heavy atom. The standard InChI is InChI=1S/C20H19N3O2/c1-2-5-13(6-3-1)18-15(8-10-24-18)19-22-23-20(25-19)17-11-16(17)14-7-4-9-21-12-14/h1-7,9,12,15-18H,8,10-11H2/t15-,16+,17-,18+/m0/s1. The Balaban J connectivity index is 1.35. The lowest BCUT2D eigenvalue weighted by Gasteiger charge is -2.15. The number of hydrogen-bond donors (Lipinski definition) is 0. The van der Waals surface area contributed by atoms with Gasteiger partial charge in [-0.05, 0) is 36.0 Å². The van der Waals surface area contributed by atoms with Crippen LogP contribution in [0.3, 0.4) is 0 Å². The van der Waals surface area contributed by atoms with Crippen LogP contribution in [0, 0.1) is 0 Å². The number of ether oxygens (including phenoxy) is 1. The van der Waals surface area contributed by atoms with E-state index in [-0.39, 0.29) is 12.0 Å². The number of aromatic nitrogens is 3. The van der Waals surface area contributed by atoms with Crippen LogP contribution in [0.25, 0.3) is 0 Å².